The lowest BCUT2D eigenvalue weighted by Gasteiger charge is -2.55. The number of fused-ring (bicyclic) bond motifs is 8. The lowest BCUT2D eigenvalue weighted by Crippen LogP contribution is -2.67. The first-order chi connectivity index (χ1) is 69.1. The number of carbonyl (C=O) groups is 4. The van der Waals surface area contributed by atoms with Crippen LogP contribution in [0.5, 0.6) is 92.3 Å². The molecule has 4 aliphatic carbocycles. The van der Waals surface area contributed by atoms with Gasteiger partial charge in [-0.1, -0.05) is 46.6 Å². The van der Waals surface area contributed by atoms with Crippen LogP contribution in [0.3, 0.4) is 0 Å². The number of ether oxygens (including phenoxy) is 16. The molecule has 8 fully saturated rings. The molecule has 4 spiro atoms. The van der Waals surface area contributed by atoms with E-state index in [0.29, 0.717) is 171 Å². The van der Waals surface area contributed by atoms with Crippen molar-refractivity contribution in [3.05, 3.63) is 202 Å². The highest BCUT2D eigenvalue weighted by Gasteiger charge is 2.54. The Morgan fingerprint density at radius 1 is 0.303 bits per heavy atom. The largest absolute Gasteiger partial charge is 0.493 e. The quantitative estimate of drug-likeness (QED) is 0.0377. The van der Waals surface area contributed by atoms with Crippen LogP contribution in [0.2, 0.25) is 0 Å². The van der Waals surface area contributed by atoms with Gasteiger partial charge in [0.1, 0.15) is 47.2 Å². The van der Waals surface area contributed by atoms with Crippen molar-refractivity contribution >= 4 is 91.5 Å². The van der Waals surface area contributed by atoms with Gasteiger partial charge in [0.05, 0.1) is 223 Å². The van der Waals surface area contributed by atoms with E-state index in [9.17, 15) is 19.2 Å². The molecule has 732 valence electrons. The van der Waals surface area contributed by atoms with Crippen LogP contribution in [0.1, 0.15) is 111 Å². The molecule has 34 nitrogen and oxygen atoms in total. The SMILES string of the molecule is COc1cc2c(Oc3cnc4c(c3)C=C(C)C4)ccnc2cc1OCCC(=O)N1CC2(COC2)C1.COc1cc2c(Oc3cnc4c(c3)C=C(C)C4)ccnc2cc1OCCCC(=O)N1CC2(COC2)C1.COc1cc2c(Oc3cnc4c(c3)C=C(C)C4)ncnc2cc1OCCC(=O)N1CC2(COC2)C1.COc1cc2c(Oc3cnc4c(c3)C=C(C)C4)ncnc2cc1OCCCC(=O)N1CC2(COC2)C1. The number of amides is 4. The average molecular weight is 1920 g/mol. The van der Waals surface area contributed by atoms with Crippen LogP contribution >= 0.6 is 0 Å². The summed E-state index contributed by atoms with van der Waals surface area (Å²) in [4.78, 5) is 102. The highest BCUT2D eigenvalue weighted by Crippen LogP contribution is 2.47. The number of methoxy groups -OCH3 is 4. The number of aromatic nitrogens is 10. The lowest BCUT2D eigenvalue weighted by molar-refractivity contribution is -0.195. The minimum absolute atomic E-state index is 0.0910. The summed E-state index contributed by atoms with van der Waals surface area (Å²) in [5.41, 5.74) is 17.4. The summed E-state index contributed by atoms with van der Waals surface area (Å²) in [6.07, 6.45) is 28.1. The van der Waals surface area contributed by atoms with Gasteiger partial charge in [-0.25, -0.2) is 19.9 Å². The van der Waals surface area contributed by atoms with Gasteiger partial charge in [0.2, 0.25) is 35.4 Å². The molecule has 0 N–H and O–H groups in total. The van der Waals surface area contributed by atoms with E-state index in [1.54, 1.807) is 77.8 Å². The number of benzene rings is 4. The summed E-state index contributed by atoms with van der Waals surface area (Å²) in [7, 11) is 6.36. The zero-order valence-electron chi connectivity index (χ0n) is 80.7. The molecule has 8 aromatic heterocycles. The van der Waals surface area contributed by atoms with Gasteiger partial charge in [-0.15, -0.1) is 0 Å². The lowest BCUT2D eigenvalue weighted by atomic mass is 9.78. The second kappa shape index (κ2) is 39.7. The van der Waals surface area contributed by atoms with E-state index in [4.69, 9.17) is 75.8 Å². The van der Waals surface area contributed by atoms with Crippen LogP contribution in [0.25, 0.3) is 67.9 Å². The maximum Gasteiger partial charge on any atom is 0.230 e. The molecule has 0 radical (unpaired) electrons. The molecule has 12 aromatic rings. The Labute approximate surface area is 819 Å². The molecule has 4 aromatic carbocycles. The number of allylic oxidation sites excluding steroid dienone is 4. The molecule has 12 aliphatic rings. The van der Waals surface area contributed by atoms with Crippen LogP contribution in [-0.2, 0) is 63.8 Å². The molecule has 142 heavy (non-hydrogen) atoms. The van der Waals surface area contributed by atoms with Gasteiger partial charge >= 0.3 is 0 Å². The number of pyridine rings is 6. The number of carbonyl (C=O) groups excluding carboxylic acids is 4. The Morgan fingerprint density at radius 2 is 0.577 bits per heavy atom. The van der Waals surface area contributed by atoms with Crippen LogP contribution in [0, 0.1) is 21.7 Å². The molecular formula is C108H110N14O20. The smallest absolute Gasteiger partial charge is 0.230 e. The zero-order valence-corrected chi connectivity index (χ0v) is 80.7. The molecule has 8 saturated heterocycles. The number of rotatable bonds is 30. The van der Waals surface area contributed by atoms with Gasteiger partial charge in [-0.05, 0) is 123 Å². The highest BCUT2D eigenvalue weighted by molar-refractivity contribution is 5.92. The standard InChI is InChI=1S/C28H29N3O5.C27H28N4O5.C27H27N3O5.C26H26N4O5/c1-18-8-19-10-20(13-30-22(19)9-18)36-24-5-6-29-23-12-26(25(33-2)11-21(23)24)35-7-3-4-27(32)31-14-28(15-31)16-34-17-28;1-17-6-18-8-19(11-28-21(18)7-17)36-26-20-9-23(33-2)24(10-22(20)29-16-30-26)35-5-3-4-25(32)31-12-27(13-31)14-34-15-27;1-17-7-18-9-19(12-29-21(18)8-17)35-23-3-5-28-22-11-25(24(32-2)10-20(22)23)34-6-4-26(31)30-13-27(14-30)15-33-16-27;1-16-5-17-7-18(10-27-20(17)6-16)35-25-19-8-22(32-2)23(9-21(19)28-15-29-25)34-4-3-24(31)30-11-26(12-30)13-33-14-26/h5-6,8,10-13H,3-4,7,9,14-17H2,1-2H3;6,8-11,16H,3-5,7,12-15H2,1-2H3;3,5,7,9-12H,4,6,8,13-16H2,1-2H3;5,7-10,15H,3-4,6,11-14H2,1-2H3. The summed E-state index contributed by atoms with van der Waals surface area (Å²) in [6.45, 7) is 22.3. The molecule has 16 heterocycles. The third-order valence-electron chi connectivity index (χ3n) is 27.6. The molecule has 34 heteroatoms. The maximum atomic E-state index is 12.5. The fourth-order valence-corrected chi connectivity index (χ4v) is 19.8. The minimum Gasteiger partial charge on any atom is -0.493 e. The van der Waals surface area contributed by atoms with Gasteiger partial charge in [0, 0.05) is 138 Å². The van der Waals surface area contributed by atoms with E-state index >= 15 is 0 Å². The van der Waals surface area contributed by atoms with Crippen molar-refractivity contribution < 1.29 is 95.0 Å². The van der Waals surface area contributed by atoms with Gasteiger partial charge in [0.15, 0.2) is 46.0 Å². The molecule has 0 unspecified atom stereocenters. The molecule has 0 atom stereocenters. The molecule has 0 bridgehead atoms. The Bertz CT molecular complexity index is 6650. The first kappa shape index (κ1) is 93.6. The van der Waals surface area contributed by atoms with Crippen LogP contribution < -0.4 is 56.8 Å². The fourth-order valence-electron chi connectivity index (χ4n) is 19.8. The maximum absolute atomic E-state index is 12.5. The van der Waals surface area contributed by atoms with Gasteiger partial charge in [0.25, 0.3) is 0 Å². The number of hydrogen-bond acceptors (Lipinski definition) is 30. The summed E-state index contributed by atoms with van der Waals surface area (Å²) in [5, 5.41) is 3.01. The number of likely N-dealkylation sites (tertiary alicyclic amines) is 4. The fraction of sp³-hybridized carbons (Fsp3) is 0.389. The first-order valence-electron chi connectivity index (χ1n) is 48.0. The Morgan fingerprint density at radius 3 is 0.866 bits per heavy atom. The third kappa shape index (κ3) is 20.0. The summed E-state index contributed by atoms with van der Waals surface area (Å²) in [6, 6.07) is 26.2. The molecule has 0 saturated carbocycles. The third-order valence-corrected chi connectivity index (χ3v) is 27.6. The normalized spacial score (nSPS) is 17.4. The summed E-state index contributed by atoms with van der Waals surface area (Å²) >= 11 is 0. The van der Waals surface area contributed by atoms with Crippen molar-refractivity contribution in [3.8, 4) is 92.3 Å². The van der Waals surface area contributed by atoms with Crippen molar-refractivity contribution in [2.75, 3.05) is 160 Å². The van der Waals surface area contributed by atoms with Crippen LogP contribution in [-0.4, -0.2) is 253 Å². The number of nitrogens with zero attached hydrogens (tertiary/aromatic N) is 14. The van der Waals surface area contributed by atoms with Crippen molar-refractivity contribution in [2.24, 2.45) is 21.7 Å². The van der Waals surface area contributed by atoms with E-state index in [2.05, 4.69) is 102 Å². The van der Waals surface area contributed by atoms with Crippen molar-refractivity contribution in [2.45, 2.75) is 91.9 Å². The van der Waals surface area contributed by atoms with E-state index < -0.39 is 0 Å². The minimum atomic E-state index is 0.0910. The Hall–Kier alpha value is -14.7. The summed E-state index contributed by atoms with van der Waals surface area (Å²) < 4.78 is 91.8. The van der Waals surface area contributed by atoms with Gasteiger partial charge < -0.3 is 95.4 Å². The van der Waals surface area contributed by atoms with Crippen molar-refractivity contribution in [1.29, 1.82) is 0 Å². The van der Waals surface area contributed by atoms with E-state index in [1.807, 2.05) is 92.4 Å². The van der Waals surface area contributed by atoms with E-state index in [0.717, 1.165) is 192 Å². The second-order valence-electron chi connectivity index (χ2n) is 39.0. The molecule has 8 aliphatic heterocycles. The first-order valence-corrected chi connectivity index (χ1v) is 48.0. The molecular weight excluding hydrogens is 1810 g/mol. The average Bonchev–Trinajstić information content (AvgIpc) is 0.965. The Kier molecular flexibility index (Phi) is 26.2. The Balaban J connectivity index is 0.000000112. The van der Waals surface area contributed by atoms with Crippen molar-refractivity contribution in [3.63, 3.8) is 0 Å². The van der Waals surface area contributed by atoms with E-state index in [1.165, 1.54) is 34.9 Å². The number of hydrogen-bond donors (Lipinski definition) is 0. The topological polar surface area (TPSA) is 358 Å². The second-order valence-corrected chi connectivity index (χ2v) is 39.0. The predicted octanol–water partition coefficient (Wildman–Crippen LogP) is 15.6. The zero-order chi connectivity index (χ0) is 97.4. The molecule has 24 rings (SSSR count). The molecule has 4 amide bonds. The van der Waals surface area contributed by atoms with Crippen LogP contribution in [0.4, 0.5) is 0 Å². The van der Waals surface area contributed by atoms with Gasteiger partial charge in [-0.2, -0.15) is 0 Å². The monoisotopic (exact) mass is 1920 g/mol. The van der Waals surface area contributed by atoms with Crippen molar-refractivity contribution in [1.82, 2.24) is 69.4 Å². The highest BCUT2D eigenvalue weighted by atomic mass is 16.5. The summed E-state index contributed by atoms with van der Waals surface area (Å²) in [5.74, 6) is 9.68. The predicted molar refractivity (Wildman–Crippen MR) is 524 cm³/mol. The van der Waals surface area contributed by atoms with Crippen LogP contribution in [0.15, 0.2) is 157 Å². The van der Waals surface area contributed by atoms with Gasteiger partial charge in [-0.3, -0.25) is 49.1 Å². The van der Waals surface area contributed by atoms with E-state index in [-0.39, 0.29) is 58.5 Å².